The van der Waals surface area contributed by atoms with Crippen molar-refractivity contribution in [1.82, 2.24) is 9.78 Å². The fourth-order valence-electron chi connectivity index (χ4n) is 2.09. The summed E-state index contributed by atoms with van der Waals surface area (Å²) in [6, 6.07) is 0.400. The van der Waals surface area contributed by atoms with E-state index in [0.717, 1.165) is 12.8 Å². The summed E-state index contributed by atoms with van der Waals surface area (Å²) < 4.78 is 6.80. The molecule has 0 unspecified atom stereocenters. The third kappa shape index (κ3) is 2.35. The van der Waals surface area contributed by atoms with E-state index in [4.69, 9.17) is 10.5 Å². The second-order valence-electron chi connectivity index (χ2n) is 4.25. The molecule has 5 heteroatoms. The number of ether oxygens (including phenoxy) is 1. The van der Waals surface area contributed by atoms with E-state index in [-0.39, 0.29) is 5.97 Å². The molecule has 0 atom stereocenters. The van der Waals surface area contributed by atoms with Crippen LogP contribution in [0.15, 0.2) is 12.4 Å². The Morgan fingerprint density at radius 1 is 1.69 bits per heavy atom. The first-order chi connectivity index (χ1) is 7.69. The number of nitrogens with two attached hydrogens (primary N) is 1. The van der Waals surface area contributed by atoms with Gasteiger partial charge in [-0.3, -0.25) is 9.48 Å². The maximum absolute atomic E-state index is 11.2. The number of anilines is 1. The van der Waals surface area contributed by atoms with Crippen LogP contribution in [0.5, 0.6) is 0 Å². The molecule has 1 aromatic heterocycles. The standard InChI is InChI=1S/C11H17N3O2/c1-2-16-11(15)5-8-3-10(4-8)14-7-9(12)6-13-14/h6-8,10H,2-5,12H2,1H3/t8-,10-. The number of esters is 1. The highest BCUT2D eigenvalue weighted by Gasteiger charge is 2.32. The fraction of sp³-hybridized carbons (Fsp3) is 0.636. The van der Waals surface area contributed by atoms with Gasteiger partial charge in [-0.15, -0.1) is 0 Å². The molecule has 0 bridgehead atoms. The van der Waals surface area contributed by atoms with Crippen molar-refractivity contribution in [3.8, 4) is 0 Å². The quantitative estimate of drug-likeness (QED) is 0.783. The molecule has 0 radical (unpaired) electrons. The zero-order valence-electron chi connectivity index (χ0n) is 9.43. The van der Waals surface area contributed by atoms with Crippen molar-refractivity contribution in [2.45, 2.75) is 32.2 Å². The average molecular weight is 223 g/mol. The molecule has 5 nitrogen and oxygen atoms in total. The lowest BCUT2D eigenvalue weighted by Gasteiger charge is -2.34. The van der Waals surface area contributed by atoms with Crippen LogP contribution in [0, 0.1) is 5.92 Å². The predicted molar refractivity (Wildman–Crippen MR) is 59.7 cm³/mol. The molecule has 1 fully saturated rings. The molecule has 0 spiro atoms. The molecule has 1 aromatic rings. The number of carbonyl (C=O) groups excluding carboxylic acids is 1. The number of nitrogens with zero attached hydrogens (tertiary/aromatic N) is 2. The molecule has 1 aliphatic carbocycles. The lowest BCUT2D eigenvalue weighted by molar-refractivity contribution is -0.145. The Hall–Kier alpha value is -1.52. The molecular formula is C11H17N3O2. The van der Waals surface area contributed by atoms with E-state index in [1.807, 2.05) is 17.8 Å². The summed E-state index contributed by atoms with van der Waals surface area (Å²) in [6.07, 6.45) is 5.99. The van der Waals surface area contributed by atoms with E-state index >= 15 is 0 Å². The molecular weight excluding hydrogens is 206 g/mol. The second kappa shape index (κ2) is 4.55. The van der Waals surface area contributed by atoms with Gasteiger partial charge in [0.25, 0.3) is 0 Å². The summed E-state index contributed by atoms with van der Waals surface area (Å²) in [7, 11) is 0. The number of hydrogen-bond acceptors (Lipinski definition) is 4. The highest BCUT2D eigenvalue weighted by atomic mass is 16.5. The smallest absolute Gasteiger partial charge is 0.306 e. The Morgan fingerprint density at radius 3 is 3.00 bits per heavy atom. The molecule has 1 saturated carbocycles. The van der Waals surface area contributed by atoms with Crippen LogP contribution in [0.2, 0.25) is 0 Å². The number of nitrogen functional groups attached to an aromatic ring is 1. The van der Waals surface area contributed by atoms with Crippen LogP contribution in [0.25, 0.3) is 0 Å². The molecule has 88 valence electrons. The van der Waals surface area contributed by atoms with Gasteiger partial charge in [-0.1, -0.05) is 0 Å². The molecule has 0 aliphatic heterocycles. The third-order valence-electron chi connectivity index (χ3n) is 2.97. The van der Waals surface area contributed by atoms with Crippen LogP contribution in [0.1, 0.15) is 32.2 Å². The lowest BCUT2D eigenvalue weighted by atomic mass is 9.78. The average Bonchev–Trinajstić information content (AvgIpc) is 2.58. The molecule has 0 amide bonds. The lowest BCUT2D eigenvalue weighted by Crippen LogP contribution is -2.29. The Morgan fingerprint density at radius 2 is 2.44 bits per heavy atom. The first kappa shape index (κ1) is 11.0. The number of rotatable bonds is 4. The largest absolute Gasteiger partial charge is 0.466 e. The van der Waals surface area contributed by atoms with Crippen LogP contribution >= 0.6 is 0 Å². The number of hydrogen-bond donors (Lipinski definition) is 1. The highest BCUT2D eigenvalue weighted by Crippen LogP contribution is 2.39. The van der Waals surface area contributed by atoms with Crippen molar-refractivity contribution >= 4 is 11.7 Å². The van der Waals surface area contributed by atoms with Crippen LogP contribution in [-0.2, 0) is 9.53 Å². The Balaban J connectivity index is 1.75. The third-order valence-corrected chi connectivity index (χ3v) is 2.97. The van der Waals surface area contributed by atoms with Crippen molar-refractivity contribution in [2.24, 2.45) is 5.92 Å². The minimum Gasteiger partial charge on any atom is -0.466 e. The Kier molecular flexibility index (Phi) is 3.12. The Labute approximate surface area is 94.6 Å². The normalized spacial score (nSPS) is 23.8. The molecule has 2 N–H and O–H groups in total. The van der Waals surface area contributed by atoms with E-state index in [9.17, 15) is 4.79 Å². The van der Waals surface area contributed by atoms with Gasteiger partial charge in [0.05, 0.1) is 24.5 Å². The summed E-state index contributed by atoms with van der Waals surface area (Å²) in [5.74, 6) is 0.348. The Bertz CT molecular complexity index is 369. The van der Waals surface area contributed by atoms with Gasteiger partial charge in [-0.25, -0.2) is 0 Å². The van der Waals surface area contributed by atoms with E-state index in [1.54, 1.807) is 6.20 Å². The van der Waals surface area contributed by atoms with Crippen LogP contribution in [0.4, 0.5) is 5.69 Å². The van der Waals surface area contributed by atoms with E-state index < -0.39 is 0 Å². The molecule has 16 heavy (non-hydrogen) atoms. The van der Waals surface area contributed by atoms with Crippen molar-refractivity contribution in [2.75, 3.05) is 12.3 Å². The summed E-state index contributed by atoms with van der Waals surface area (Å²) in [5.41, 5.74) is 6.28. The molecule has 0 saturated heterocycles. The van der Waals surface area contributed by atoms with E-state index in [2.05, 4.69) is 5.10 Å². The zero-order valence-corrected chi connectivity index (χ0v) is 9.43. The topological polar surface area (TPSA) is 70.1 Å². The predicted octanol–water partition coefficient (Wildman–Crippen LogP) is 1.37. The van der Waals surface area contributed by atoms with Gasteiger partial charge < -0.3 is 10.5 Å². The first-order valence-electron chi connectivity index (χ1n) is 5.64. The minimum atomic E-state index is -0.0917. The summed E-state index contributed by atoms with van der Waals surface area (Å²) >= 11 is 0. The van der Waals surface area contributed by atoms with Gasteiger partial charge in [-0.05, 0) is 25.7 Å². The van der Waals surface area contributed by atoms with Gasteiger partial charge in [0.1, 0.15) is 0 Å². The SMILES string of the molecule is CCOC(=O)C[C@H]1C[C@H](n2cc(N)cn2)C1. The molecule has 2 rings (SSSR count). The van der Waals surface area contributed by atoms with Gasteiger partial charge in [0.2, 0.25) is 0 Å². The number of aromatic nitrogens is 2. The van der Waals surface area contributed by atoms with Gasteiger partial charge in [0, 0.05) is 12.6 Å². The zero-order chi connectivity index (χ0) is 11.5. The summed E-state index contributed by atoms with van der Waals surface area (Å²) in [5, 5.41) is 4.16. The van der Waals surface area contributed by atoms with Crippen molar-refractivity contribution in [3.63, 3.8) is 0 Å². The second-order valence-corrected chi connectivity index (χ2v) is 4.25. The van der Waals surface area contributed by atoms with Crippen molar-refractivity contribution in [3.05, 3.63) is 12.4 Å². The van der Waals surface area contributed by atoms with E-state index in [0.29, 0.717) is 30.7 Å². The number of carbonyl (C=O) groups is 1. The maximum atomic E-state index is 11.2. The van der Waals surface area contributed by atoms with Crippen LogP contribution in [-0.4, -0.2) is 22.4 Å². The van der Waals surface area contributed by atoms with Gasteiger partial charge in [0.15, 0.2) is 0 Å². The maximum Gasteiger partial charge on any atom is 0.306 e. The van der Waals surface area contributed by atoms with Crippen molar-refractivity contribution < 1.29 is 9.53 Å². The summed E-state index contributed by atoms with van der Waals surface area (Å²) in [6.45, 7) is 2.29. The van der Waals surface area contributed by atoms with Gasteiger partial charge in [-0.2, -0.15) is 5.10 Å². The van der Waals surface area contributed by atoms with Gasteiger partial charge >= 0.3 is 5.97 Å². The van der Waals surface area contributed by atoms with E-state index in [1.165, 1.54) is 0 Å². The van der Waals surface area contributed by atoms with Crippen LogP contribution in [0.3, 0.4) is 0 Å². The minimum absolute atomic E-state index is 0.0917. The summed E-state index contributed by atoms with van der Waals surface area (Å²) in [4.78, 5) is 11.2. The monoisotopic (exact) mass is 223 g/mol. The van der Waals surface area contributed by atoms with Crippen molar-refractivity contribution in [1.29, 1.82) is 0 Å². The first-order valence-corrected chi connectivity index (χ1v) is 5.64. The van der Waals surface area contributed by atoms with Crippen LogP contribution < -0.4 is 5.73 Å². The fourth-order valence-corrected chi connectivity index (χ4v) is 2.09. The molecule has 1 aliphatic rings. The molecule has 0 aromatic carbocycles. The highest BCUT2D eigenvalue weighted by molar-refractivity contribution is 5.69. The molecule has 1 heterocycles.